The molecule has 1 fully saturated rings. The average molecular weight is 356 g/mol. The predicted molar refractivity (Wildman–Crippen MR) is 95.1 cm³/mol. The molecule has 2 aliphatic rings. The molecule has 0 aliphatic carbocycles. The van der Waals surface area contributed by atoms with E-state index in [1.807, 2.05) is 35.5 Å². The van der Waals surface area contributed by atoms with Crippen LogP contribution in [0.2, 0.25) is 0 Å². The van der Waals surface area contributed by atoms with E-state index in [1.165, 1.54) is 4.88 Å². The van der Waals surface area contributed by atoms with E-state index in [0.717, 1.165) is 12.1 Å². The van der Waals surface area contributed by atoms with Gasteiger partial charge >= 0.3 is 0 Å². The number of ketones is 1. The van der Waals surface area contributed by atoms with Crippen LogP contribution in [-0.4, -0.2) is 40.3 Å². The molecule has 130 valence electrons. The number of carbonyl (C=O) groups excluding carboxylic acids is 2. The molecular weight excluding hydrogens is 336 g/mol. The fourth-order valence-corrected chi connectivity index (χ4v) is 4.45. The number of nitrogens with zero attached hydrogens (tertiary/aromatic N) is 2. The summed E-state index contributed by atoms with van der Waals surface area (Å²) in [6, 6.07) is 7.37. The van der Waals surface area contributed by atoms with E-state index in [4.69, 9.17) is 4.74 Å². The molecule has 1 atom stereocenters. The first-order valence-corrected chi connectivity index (χ1v) is 9.42. The third-order valence-electron chi connectivity index (χ3n) is 5.08. The van der Waals surface area contributed by atoms with Gasteiger partial charge in [-0.2, -0.15) is 0 Å². The minimum atomic E-state index is -0.554. The first kappa shape index (κ1) is 16.3. The quantitative estimate of drug-likeness (QED) is 0.848. The Hall–Kier alpha value is -2.21. The summed E-state index contributed by atoms with van der Waals surface area (Å²) < 4.78 is 6.18. The Morgan fingerprint density at radius 1 is 1.40 bits per heavy atom. The molecule has 1 amide bonds. The maximum absolute atomic E-state index is 12.6. The van der Waals surface area contributed by atoms with E-state index >= 15 is 0 Å². The Labute approximate surface area is 150 Å². The van der Waals surface area contributed by atoms with Crippen molar-refractivity contribution in [1.29, 1.82) is 0 Å². The van der Waals surface area contributed by atoms with Crippen LogP contribution in [0.15, 0.2) is 29.8 Å². The maximum Gasteiger partial charge on any atom is 0.223 e. The largest absolute Gasteiger partial charge is 0.484 e. The van der Waals surface area contributed by atoms with Crippen LogP contribution in [0.1, 0.15) is 40.2 Å². The van der Waals surface area contributed by atoms with Crippen LogP contribution in [0.25, 0.3) is 0 Å². The fourth-order valence-electron chi connectivity index (χ4n) is 3.67. The van der Waals surface area contributed by atoms with Crippen LogP contribution in [0, 0.1) is 6.92 Å². The van der Waals surface area contributed by atoms with Gasteiger partial charge in [-0.15, -0.1) is 11.3 Å². The van der Waals surface area contributed by atoms with Gasteiger partial charge in [0.25, 0.3) is 0 Å². The predicted octanol–water partition coefficient (Wildman–Crippen LogP) is 3.02. The Balaban J connectivity index is 1.42. The van der Waals surface area contributed by atoms with E-state index in [-0.39, 0.29) is 11.7 Å². The summed E-state index contributed by atoms with van der Waals surface area (Å²) in [6.45, 7) is 3.11. The molecule has 0 bridgehead atoms. The number of fused-ring (bicyclic) bond motifs is 1. The summed E-state index contributed by atoms with van der Waals surface area (Å²) >= 11 is 1.60. The molecular formula is C19H20N2O3S. The van der Waals surface area contributed by atoms with Crippen LogP contribution >= 0.6 is 11.3 Å². The van der Waals surface area contributed by atoms with E-state index in [9.17, 15) is 9.59 Å². The Kier molecular flexibility index (Phi) is 4.07. The lowest BCUT2D eigenvalue weighted by Crippen LogP contribution is -2.45. The smallest absolute Gasteiger partial charge is 0.223 e. The van der Waals surface area contributed by atoms with Crippen molar-refractivity contribution >= 4 is 23.0 Å². The van der Waals surface area contributed by atoms with Crippen molar-refractivity contribution in [3.8, 4) is 5.75 Å². The third kappa shape index (κ3) is 3.06. The van der Waals surface area contributed by atoms with Crippen molar-refractivity contribution in [1.82, 2.24) is 9.88 Å². The SMILES string of the molecule is Cc1ncsc1CCC(=O)N1CCC2(CC(=O)c3ccccc3O2)C1. The lowest BCUT2D eigenvalue weighted by molar-refractivity contribution is -0.130. The highest BCUT2D eigenvalue weighted by atomic mass is 32.1. The standard InChI is InChI=1S/C19H20N2O3S/c1-13-17(25-12-20-13)6-7-18(23)21-9-8-19(11-21)10-15(22)14-4-2-3-5-16(14)24-19/h2-5,12H,6-11H2,1H3. The molecule has 5 nitrogen and oxygen atoms in total. The molecule has 2 aliphatic heterocycles. The number of aryl methyl sites for hydroxylation is 2. The van der Waals surface area contributed by atoms with Crippen molar-refractivity contribution in [3.63, 3.8) is 0 Å². The first-order chi connectivity index (χ1) is 12.1. The highest BCUT2D eigenvalue weighted by Gasteiger charge is 2.46. The molecule has 1 saturated heterocycles. The van der Waals surface area contributed by atoms with Crippen molar-refractivity contribution in [2.45, 2.75) is 38.2 Å². The van der Waals surface area contributed by atoms with Gasteiger partial charge in [-0.25, -0.2) is 4.98 Å². The third-order valence-corrected chi connectivity index (χ3v) is 6.07. The topological polar surface area (TPSA) is 59.5 Å². The number of hydrogen-bond acceptors (Lipinski definition) is 5. The lowest BCUT2D eigenvalue weighted by Gasteiger charge is -2.34. The molecule has 25 heavy (non-hydrogen) atoms. The minimum Gasteiger partial charge on any atom is -0.484 e. The zero-order valence-electron chi connectivity index (χ0n) is 14.2. The summed E-state index contributed by atoms with van der Waals surface area (Å²) in [5.41, 5.74) is 2.92. The molecule has 1 unspecified atom stereocenters. The number of aromatic nitrogens is 1. The number of rotatable bonds is 3. The zero-order chi connectivity index (χ0) is 17.4. The summed E-state index contributed by atoms with van der Waals surface area (Å²) in [5, 5.41) is 0. The summed E-state index contributed by atoms with van der Waals surface area (Å²) in [6.07, 6.45) is 2.26. The van der Waals surface area contributed by atoms with Crippen LogP contribution in [-0.2, 0) is 11.2 Å². The maximum atomic E-state index is 12.6. The van der Waals surface area contributed by atoms with Crippen molar-refractivity contribution in [2.75, 3.05) is 13.1 Å². The normalized spacial score (nSPS) is 22.1. The fraction of sp³-hybridized carbons (Fsp3) is 0.421. The molecule has 1 spiro atoms. The van der Waals surface area contributed by atoms with Crippen LogP contribution in [0.5, 0.6) is 5.75 Å². The van der Waals surface area contributed by atoms with E-state index < -0.39 is 5.60 Å². The number of ether oxygens (including phenoxy) is 1. The molecule has 1 aromatic carbocycles. The van der Waals surface area contributed by atoms with Crippen molar-refractivity contribution in [2.24, 2.45) is 0 Å². The van der Waals surface area contributed by atoms with Gasteiger partial charge in [-0.3, -0.25) is 9.59 Å². The van der Waals surface area contributed by atoms with Gasteiger partial charge in [-0.05, 0) is 25.5 Å². The number of hydrogen-bond donors (Lipinski definition) is 0. The number of likely N-dealkylation sites (tertiary alicyclic amines) is 1. The first-order valence-electron chi connectivity index (χ1n) is 8.54. The van der Waals surface area contributed by atoms with Gasteiger partial charge < -0.3 is 9.64 Å². The molecule has 3 heterocycles. The summed E-state index contributed by atoms with van der Waals surface area (Å²) in [5.74, 6) is 0.879. The number of carbonyl (C=O) groups is 2. The van der Waals surface area contributed by atoms with Gasteiger partial charge in [0, 0.05) is 24.3 Å². The number of amides is 1. The second kappa shape index (κ2) is 6.26. The van der Waals surface area contributed by atoms with E-state index in [2.05, 4.69) is 4.98 Å². The van der Waals surface area contributed by atoms with E-state index in [1.54, 1.807) is 17.4 Å². The molecule has 1 aromatic heterocycles. The molecule has 0 saturated carbocycles. The van der Waals surface area contributed by atoms with Crippen LogP contribution in [0.3, 0.4) is 0 Å². The zero-order valence-corrected chi connectivity index (χ0v) is 15.0. The second-order valence-corrected chi connectivity index (χ2v) is 7.75. The molecule has 6 heteroatoms. The highest BCUT2D eigenvalue weighted by molar-refractivity contribution is 7.09. The highest BCUT2D eigenvalue weighted by Crippen LogP contribution is 2.38. The minimum absolute atomic E-state index is 0.108. The number of Topliss-reactive ketones (excluding diaryl/α,β-unsaturated/α-hetero) is 1. The monoisotopic (exact) mass is 356 g/mol. The van der Waals surface area contributed by atoms with Gasteiger partial charge in [0.2, 0.25) is 5.91 Å². The van der Waals surface area contributed by atoms with Gasteiger partial charge in [0.15, 0.2) is 5.78 Å². The lowest BCUT2D eigenvalue weighted by atomic mass is 9.89. The molecule has 0 N–H and O–H groups in total. The van der Waals surface area contributed by atoms with Crippen LogP contribution in [0.4, 0.5) is 0 Å². The number of thiazole rings is 1. The molecule has 2 aromatic rings. The number of para-hydroxylation sites is 1. The van der Waals surface area contributed by atoms with Gasteiger partial charge in [0.1, 0.15) is 11.4 Å². The van der Waals surface area contributed by atoms with Crippen molar-refractivity contribution in [3.05, 3.63) is 45.9 Å². The van der Waals surface area contributed by atoms with Gasteiger partial charge in [-0.1, -0.05) is 12.1 Å². The number of benzene rings is 1. The summed E-state index contributed by atoms with van der Waals surface area (Å²) in [4.78, 5) is 32.3. The van der Waals surface area contributed by atoms with Crippen molar-refractivity contribution < 1.29 is 14.3 Å². The average Bonchev–Trinajstić information content (AvgIpc) is 3.19. The Morgan fingerprint density at radius 2 is 2.24 bits per heavy atom. The summed E-state index contributed by atoms with van der Waals surface area (Å²) in [7, 11) is 0. The van der Waals surface area contributed by atoms with E-state index in [0.29, 0.717) is 43.7 Å². The Bertz CT molecular complexity index is 832. The molecule has 4 rings (SSSR count). The van der Waals surface area contributed by atoms with Crippen LogP contribution < -0.4 is 4.74 Å². The van der Waals surface area contributed by atoms with Gasteiger partial charge in [0.05, 0.1) is 29.7 Å². The Morgan fingerprint density at radius 3 is 3.04 bits per heavy atom. The molecule has 0 radical (unpaired) electrons. The second-order valence-electron chi connectivity index (χ2n) is 6.81.